The fourth-order valence-electron chi connectivity index (χ4n) is 2.40. The number of nitrogens with one attached hydrogen (secondary N) is 1. The third-order valence-corrected chi connectivity index (χ3v) is 4.09. The van der Waals surface area contributed by atoms with Crippen molar-refractivity contribution in [3.8, 4) is 0 Å². The lowest BCUT2D eigenvalue weighted by Gasteiger charge is -2.31. The summed E-state index contributed by atoms with van der Waals surface area (Å²) in [6.45, 7) is 2.84. The van der Waals surface area contributed by atoms with Crippen molar-refractivity contribution >= 4 is 23.2 Å². The number of nitrogens with zero attached hydrogens (tertiary/aromatic N) is 1. The molecule has 0 atom stereocenters. The van der Waals surface area contributed by atoms with E-state index in [9.17, 15) is 0 Å². The highest BCUT2D eigenvalue weighted by molar-refractivity contribution is 6.36. The van der Waals surface area contributed by atoms with Crippen LogP contribution < -0.4 is 5.32 Å². The van der Waals surface area contributed by atoms with E-state index in [1.807, 2.05) is 0 Å². The molecule has 4 heteroatoms. The lowest BCUT2D eigenvalue weighted by Crippen LogP contribution is -2.35. The molecule has 0 unspecified atom stereocenters. The maximum absolute atomic E-state index is 5.78. The first-order valence-corrected chi connectivity index (χ1v) is 7.41. The number of hydrogen-bond donors (Lipinski definition) is 1. The normalized spacial score (nSPS) is 18.9. The molecule has 0 aromatic carbocycles. The highest BCUT2D eigenvalue weighted by atomic mass is 35.5. The Balaban J connectivity index is 2.01. The zero-order valence-corrected chi connectivity index (χ0v) is 12.2. The highest BCUT2D eigenvalue weighted by Crippen LogP contribution is 2.21. The Labute approximate surface area is 115 Å². The van der Waals surface area contributed by atoms with Gasteiger partial charge in [0.1, 0.15) is 0 Å². The topological polar surface area (TPSA) is 15.3 Å². The molecule has 1 N–H and O–H groups in total. The van der Waals surface area contributed by atoms with Gasteiger partial charge >= 0.3 is 0 Å². The van der Waals surface area contributed by atoms with Crippen molar-refractivity contribution in [1.29, 1.82) is 0 Å². The van der Waals surface area contributed by atoms with Crippen molar-refractivity contribution in [3.05, 3.63) is 10.6 Å². The summed E-state index contributed by atoms with van der Waals surface area (Å²) in [5, 5.41) is 3.96. The van der Waals surface area contributed by atoms with Crippen molar-refractivity contribution in [2.24, 2.45) is 0 Å². The van der Waals surface area contributed by atoms with Gasteiger partial charge in [-0.2, -0.15) is 0 Å². The van der Waals surface area contributed by atoms with Crippen molar-refractivity contribution < 1.29 is 0 Å². The maximum atomic E-state index is 5.78. The van der Waals surface area contributed by atoms with Crippen molar-refractivity contribution in [3.63, 3.8) is 0 Å². The van der Waals surface area contributed by atoms with Crippen LogP contribution in [0.4, 0.5) is 0 Å². The molecule has 2 nitrogen and oxygen atoms in total. The standard InChI is InChI=1S/C13H24Cl2N2/c1-17(13-6-3-2-4-7-13)9-5-8-16-11-12(15)10-14/h10,13,16H,2-9,11H2,1H3. The minimum Gasteiger partial charge on any atom is -0.312 e. The van der Waals surface area contributed by atoms with Crippen LogP contribution in [0.25, 0.3) is 0 Å². The number of hydrogen-bond acceptors (Lipinski definition) is 2. The molecule has 0 amide bonds. The molecular formula is C13H24Cl2N2. The van der Waals surface area contributed by atoms with E-state index >= 15 is 0 Å². The lowest BCUT2D eigenvalue weighted by atomic mass is 9.94. The Kier molecular flexibility index (Phi) is 8.29. The monoisotopic (exact) mass is 278 g/mol. The van der Waals surface area contributed by atoms with Gasteiger partial charge in [-0.05, 0) is 39.4 Å². The molecule has 0 heterocycles. The van der Waals surface area contributed by atoms with Crippen molar-refractivity contribution in [2.45, 2.75) is 44.6 Å². The molecule has 0 saturated heterocycles. The van der Waals surface area contributed by atoms with Crippen LogP contribution in [-0.4, -0.2) is 37.6 Å². The fraction of sp³-hybridized carbons (Fsp3) is 0.846. The number of rotatable bonds is 7. The second-order valence-electron chi connectivity index (χ2n) is 4.86. The van der Waals surface area contributed by atoms with Gasteiger partial charge in [-0.3, -0.25) is 0 Å². The zero-order chi connectivity index (χ0) is 12.5. The molecule has 0 aromatic rings. The van der Waals surface area contributed by atoms with Crippen LogP contribution in [0.3, 0.4) is 0 Å². The van der Waals surface area contributed by atoms with Crippen LogP contribution >= 0.6 is 23.2 Å². The average molecular weight is 279 g/mol. The molecule has 0 spiro atoms. The molecule has 1 fully saturated rings. The summed E-state index contributed by atoms with van der Waals surface area (Å²) < 4.78 is 0. The molecule has 0 aliphatic heterocycles. The molecule has 0 aromatic heterocycles. The van der Waals surface area contributed by atoms with Gasteiger partial charge in [-0.15, -0.1) is 0 Å². The van der Waals surface area contributed by atoms with Crippen LogP contribution in [0.1, 0.15) is 38.5 Å². The Hall–Kier alpha value is 0.240. The Morgan fingerprint density at radius 2 is 2.06 bits per heavy atom. The average Bonchev–Trinajstić information content (AvgIpc) is 2.38. The summed E-state index contributed by atoms with van der Waals surface area (Å²) >= 11 is 11.3. The maximum Gasteiger partial charge on any atom is 0.0431 e. The smallest absolute Gasteiger partial charge is 0.0431 e. The highest BCUT2D eigenvalue weighted by Gasteiger charge is 2.16. The third kappa shape index (κ3) is 6.66. The molecule has 1 saturated carbocycles. The van der Waals surface area contributed by atoms with E-state index in [2.05, 4.69) is 17.3 Å². The van der Waals surface area contributed by atoms with Crippen LogP contribution in [-0.2, 0) is 0 Å². The van der Waals surface area contributed by atoms with E-state index in [0.29, 0.717) is 11.6 Å². The van der Waals surface area contributed by atoms with Crippen molar-refractivity contribution in [1.82, 2.24) is 10.2 Å². The van der Waals surface area contributed by atoms with E-state index in [-0.39, 0.29) is 0 Å². The van der Waals surface area contributed by atoms with Gasteiger partial charge in [-0.25, -0.2) is 0 Å². The summed E-state index contributed by atoms with van der Waals surface area (Å²) in [5.41, 5.74) is 1.42. The molecule has 0 bridgehead atoms. The van der Waals surface area contributed by atoms with E-state index in [1.165, 1.54) is 50.6 Å². The van der Waals surface area contributed by atoms with Gasteiger partial charge in [0, 0.05) is 23.2 Å². The second-order valence-corrected chi connectivity index (χ2v) is 5.56. The first kappa shape index (κ1) is 15.3. The molecule has 1 aliphatic carbocycles. The molecule has 0 radical (unpaired) electrons. The van der Waals surface area contributed by atoms with Gasteiger partial charge in [0.25, 0.3) is 0 Å². The minimum absolute atomic E-state index is 0.673. The molecule has 1 aliphatic rings. The quantitative estimate of drug-likeness (QED) is 0.717. The summed E-state index contributed by atoms with van der Waals surface area (Å²) in [6.07, 6.45) is 8.16. The number of halogens is 2. The van der Waals surface area contributed by atoms with Crippen molar-refractivity contribution in [2.75, 3.05) is 26.7 Å². The zero-order valence-electron chi connectivity index (χ0n) is 10.7. The van der Waals surface area contributed by atoms with E-state index < -0.39 is 0 Å². The van der Waals surface area contributed by atoms with Crippen LogP contribution in [0, 0.1) is 0 Å². The Morgan fingerprint density at radius 1 is 1.35 bits per heavy atom. The third-order valence-electron chi connectivity index (χ3n) is 3.47. The second kappa shape index (κ2) is 9.21. The summed E-state index contributed by atoms with van der Waals surface area (Å²) in [7, 11) is 2.25. The van der Waals surface area contributed by atoms with Gasteiger partial charge in [0.05, 0.1) is 0 Å². The molecule has 17 heavy (non-hydrogen) atoms. The Bertz CT molecular complexity index is 225. The van der Waals surface area contributed by atoms with Gasteiger partial charge in [0.2, 0.25) is 0 Å². The SMILES string of the molecule is CN(CCCNCC(Cl)=CCl)C1CCCCC1. The summed E-state index contributed by atoms with van der Waals surface area (Å²) in [4.78, 5) is 2.51. The van der Waals surface area contributed by atoms with Crippen LogP contribution in [0.15, 0.2) is 10.6 Å². The predicted octanol–water partition coefficient (Wildman–Crippen LogP) is 3.55. The molecule has 100 valence electrons. The molecule has 1 rings (SSSR count). The lowest BCUT2D eigenvalue weighted by molar-refractivity contribution is 0.190. The first-order chi connectivity index (χ1) is 8.24. The van der Waals surface area contributed by atoms with Gasteiger partial charge in [-0.1, -0.05) is 42.5 Å². The fourth-order valence-corrected chi connectivity index (χ4v) is 2.58. The molecular weight excluding hydrogens is 255 g/mol. The van der Waals surface area contributed by atoms with E-state index in [0.717, 1.165) is 12.6 Å². The van der Waals surface area contributed by atoms with Gasteiger partial charge in [0.15, 0.2) is 0 Å². The summed E-state index contributed by atoms with van der Waals surface area (Å²) in [6, 6.07) is 0.815. The van der Waals surface area contributed by atoms with Crippen LogP contribution in [0.5, 0.6) is 0 Å². The van der Waals surface area contributed by atoms with Crippen LogP contribution in [0.2, 0.25) is 0 Å². The minimum atomic E-state index is 0.673. The largest absolute Gasteiger partial charge is 0.312 e. The van der Waals surface area contributed by atoms with E-state index in [4.69, 9.17) is 23.2 Å². The predicted molar refractivity (Wildman–Crippen MR) is 76.8 cm³/mol. The first-order valence-electron chi connectivity index (χ1n) is 6.59. The summed E-state index contributed by atoms with van der Waals surface area (Å²) in [5.74, 6) is 0. The van der Waals surface area contributed by atoms with Gasteiger partial charge < -0.3 is 10.2 Å². The Morgan fingerprint density at radius 3 is 2.71 bits per heavy atom. The van der Waals surface area contributed by atoms with E-state index in [1.54, 1.807) is 0 Å².